The Morgan fingerprint density at radius 1 is 1.48 bits per heavy atom. The quantitative estimate of drug-likeness (QED) is 0.188. The summed E-state index contributed by atoms with van der Waals surface area (Å²) in [6.45, 7) is 0.720. The van der Waals surface area contributed by atoms with Crippen molar-refractivity contribution in [1.82, 2.24) is 5.01 Å². The van der Waals surface area contributed by atoms with Gasteiger partial charge in [-0.15, -0.1) is 5.01 Å². The third kappa shape index (κ3) is 4.65. The average molecular weight is 438 g/mol. The first-order chi connectivity index (χ1) is 13.6. The third-order valence-electron chi connectivity index (χ3n) is 4.09. The molecule has 1 N–H and O–H groups in total. The van der Waals surface area contributed by atoms with Gasteiger partial charge in [-0.1, -0.05) is 11.6 Å². The second-order valence-corrected chi connectivity index (χ2v) is 6.76. The molecule has 2 aliphatic rings. The van der Waals surface area contributed by atoms with Crippen molar-refractivity contribution < 1.29 is 42.4 Å². The molecule has 1 aromatic rings. The first-order valence-corrected chi connectivity index (χ1v) is 8.59. The lowest BCUT2D eigenvalue weighted by atomic mass is 9.99. The van der Waals surface area contributed by atoms with E-state index in [1.807, 2.05) is 0 Å². The first-order valence-electron chi connectivity index (χ1n) is 8.21. The zero-order valence-corrected chi connectivity index (χ0v) is 15.6. The summed E-state index contributed by atoms with van der Waals surface area (Å²) in [7, 11) is 0. The zero-order chi connectivity index (χ0) is 21.3. The van der Waals surface area contributed by atoms with Gasteiger partial charge in [0.25, 0.3) is 6.79 Å². The lowest BCUT2D eigenvalue weighted by Gasteiger charge is -2.30. The maximum atomic E-state index is 13.4. The number of rotatable bonds is 5. The number of β-amino-alcohol motifs (C(OH)–C–C–N with tert-alkyl or cyclic N) is 1. The number of esters is 1. The molecule has 0 unspecified atom stereocenters. The van der Waals surface area contributed by atoms with Gasteiger partial charge in [0.2, 0.25) is 11.4 Å². The molecule has 0 amide bonds. The molecule has 0 radical (unpaired) electrons. The summed E-state index contributed by atoms with van der Waals surface area (Å²) >= 11 is 5.91. The van der Waals surface area contributed by atoms with Gasteiger partial charge in [-0.25, -0.2) is 4.79 Å². The van der Waals surface area contributed by atoms with Crippen molar-refractivity contribution in [3.05, 3.63) is 39.1 Å². The minimum absolute atomic E-state index is 0.0308. The van der Waals surface area contributed by atoms with Crippen LogP contribution in [0, 0.1) is 12.1 Å². The van der Waals surface area contributed by atoms with Gasteiger partial charge >= 0.3 is 12.1 Å². The van der Waals surface area contributed by atoms with Crippen LogP contribution in [-0.2, 0) is 14.4 Å². The van der Waals surface area contributed by atoms with Crippen molar-refractivity contribution in [1.29, 1.82) is 0 Å². The number of ether oxygens (including phenoxy) is 2. The Balaban J connectivity index is 1.71. The van der Waals surface area contributed by atoms with Crippen molar-refractivity contribution >= 4 is 23.6 Å². The van der Waals surface area contributed by atoms with Crippen LogP contribution >= 0.6 is 11.6 Å². The van der Waals surface area contributed by atoms with Crippen LogP contribution in [0.5, 0.6) is 5.75 Å². The molecule has 29 heavy (non-hydrogen) atoms. The number of hydrogen-bond donors (Lipinski definition) is 1. The molecular weight excluding hydrogens is 423 g/mol. The Hall–Kier alpha value is -2.73. The van der Waals surface area contributed by atoms with E-state index >= 15 is 0 Å². The fraction of sp³-hybridized carbons (Fsp3) is 0.438. The Morgan fingerprint density at radius 3 is 2.79 bits per heavy atom. The van der Waals surface area contributed by atoms with E-state index in [4.69, 9.17) is 21.4 Å². The maximum Gasteiger partial charge on any atom is 0.430 e. The van der Waals surface area contributed by atoms with Gasteiger partial charge in [-0.3, -0.25) is 0 Å². The smallest absolute Gasteiger partial charge is 0.430 e. The van der Waals surface area contributed by atoms with Crippen molar-refractivity contribution in [2.75, 3.05) is 19.9 Å². The summed E-state index contributed by atoms with van der Waals surface area (Å²) in [5.41, 5.74) is -0.241. The number of hydrazine groups is 1. The lowest BCUT2D eigenvalue weighted by Crippen LogP contribution is -2.53. The van der Waals surface area contributed by atoms with Crippen molar-refractivity contribution in [2.45, 2.75) is 25.3 Å². The van der Waals surface area contributed by atoms with Gasteiger partial charge in [0.05, 0.1) is 10.5 Å². The second-order valence-electron chi connectivity index (χ2n) is 6.32. The Kier molecular flexibility index (Phi) is 5.75. The van der Waals surface area contributed by atoms with Gasteiger partial charge < -0.3 is 24.6 Å². The van der Waals surface area contributed by atoms with E-state index in [9.17, 15) is 23.2 Å². The van der Waals surface area contributed by atoms with E-state index in [0.717, 1.165) is 11.1 Å². The van der Waals surface area contributed by atoms with Crippen LogP contribution in [0.3, 0.4) is 0 Å². The van der Waals surface area contributed by atoms with Crippen LogP contribution in [0.4, 0.5) is 13.2 Å². The van der Waals surface area contributed by atoms with Crippen molar-refractivity contribution in [3.63, 3.8) is 0 Å². The highest BCUT2D eigenvalue weighted by molar-refractivity contribution is 6.30. The fourth-order valence-corrected chi connectivity index (χ4v) is 3.00. The molecule has 1 saturated heterocycles. The molecule has 2 heterocycles. The zero-order valence-electron chi connectivity index (χ0n) is 14.9. The van der Waals surface area contributed by atoms with Crippen molar-refractivity contribution in [2.24, 2.45) is 5.28 Å². The molecule has 1 fully saturated rings. The lowest BCUT2D eigenvalue weighted by molar-refractivity contribution is -0.727. The van der Waals surface area contributed by atoms with Crippen LogP contribution in [0.2, 0.25) is 5.02 Å². The number of nitrogens with zero attached hydrogens (tertiary/aromatic N) is 3. The Bertz CT molecular complexity index is 870. The maximum absolute atomic E-state index is 13.4. The molecular formula is C16H15ClF3N3O6. The van der Waals surface area contributed by atoms with Gasteiger partial charge in [0, 0.05) is 10.6 Å². The van der Waals surface area contributed by atoms with E-state index in [2.05, 4.69) is 14.9 Å². The predicted molar refractivity (Wildman–Crippen MR) is 90.3 cm³/mol. The van der Waals surface area contributed by atoms with Crippen LogP contribution in [0.1, 0.15) is 11.1 Å². The first kappa shape index (κ1) is 21.0. The number of carbonyl (C=O) groups excluding carboxylic acids is 1. The fourth-order valence-electron chi connectivity index (χ4n) is 2.72. The largest absolute Gasteiger partial charge is 0.569 e. The van der Waals surface area contributed by atoms with Crippen molar-refractivity contribution in [3.8, 4) is 5.75 Å². The third-order valence-corrected chi connectivity index (χ3v) is 4.30. The number of aryl methyl sites for hydroxylation is 1. The molecule has 0 bridgehead atoms. The molecule has 3 rings (SSSR count). The average Bonchev–Trinajstić information content (AvgIpc) is 2.60. The number of hydrogen-bond acceptors (Lipinski definition) is 7. The molecule has 158 valence electrons. The highest BCUT2D eigenvalue weighted by Crippen LogP contribution is 2.40. The standard InChI is InChI=1S/C16H15ClF3N3O6/c1-8-2-10(17)3-9-4-12(14(16(18,19)20)29-13(8)9)15(25)27-7-28-21-23(26)22-5-11(24)6-22/h2-4,11,14,24H,5-7H2,1H3/b23-21-/t14-/m0/s1. The number of aliphatic hydroxyl groups is 1. The van der Waals surface area contributed by atoms with Crippen LogP contribution in [0.25, 0.3) is 6.08 Å². The summed E-state index contributed by atoms with van der Waals surface area (Å²) in [4.78, 5) is 16.7. The number of benzene rings is 1. The number of fused-ring (bicyclic) bond motifs is 1. The minimum atomic E-state index is -4.88. The normalized spacial score (nSPS) is 19.7. The summed E-state index contributed by atoms with van der Waals surface area (Å²) in [6.07, 6.45) is -7.10. The van der Waals surface area contributed by atoms with E-state index in [1.165, 1.54) is 19.1 Å². The summed E-state index contributed by atoms with van der Waals surface area (Å²) in [5.74, 6) is -1.40. The molecule has 2 aliphatic heterocycles. The highest BCUT2D eigenvalue weighted by atomic mass is 35.5. The summed E-state index contributed by atoms with van der Waals surface area (Å²) < 4.78 is 49.8. The van der Waals surface area contributed by atoms with Gasteiger partial charge in [0.1, 0.15) is 24.9 Å². The van der Waals surface area contributed by atoms with Crippen LogP contribution in [0.15, 0.2) is 23.0 Å². The van der Waals surface area contributed by atoms with E-state index < -0.39 is 36.7 Å². The topological polar surface area (TPSA) is 107 Å². The molecule has 9 nitrogen and oxygen atoms in total. The monoisotopic (exact) mass is 437 g/mol. The van der Waals surface area contributed by atoms with E-state index in [0.29, 0.717) is 5.56 Å². The van der Waals surface area contributed by atoms with E-state index in [1.54, 1.807) is 0 Å². The Morgan fingerprint density at radius 2 is 2.17 bits per heavy atom. The minimum Gasteiger partial charge on any atom is -0.569 e. The SMILES string of the molecule is Cc1cc(Cl)cc2c1O[C@H](C(F)(F)F)C(C(=O)OCO/N=[N+](\[O-])N1CC(O)C1)=C2. The molecule has 1 aromatic carbocycles. The molecule has 0 aromatic heterocycles. The number of alkyl halides is 3. The summed E-state index contributed by atoms with van der Waals surface area (Å²) in [5, 5.41) is 24.9. The Labute approximate surface area is 167 Å². The molecule has 1 atom stereocenters. The number of aliphatic hydroxyl groups excluding tert-OH is 1. The van der Waals surface area contributed by atoms with Gasteiger partial charge in [0.15, 0.2) is 0 Å². The number of carbonyl (C=O) groups is 1. The van der Waals surface area contributed by atoms with Crippen LogP contribution < -0.4 is 4.74 Å². The van der Waals surface area contributed by atoms with Crippen LogP contribution in [-0.4, -0.2) is 59.3 Å². The molecule has 0 saturated carbocycles. The predicted octanol–water partition coefficient (Wildman–Crippen LogP) is 2.34. The highest BCUT2D eigenvalue weighted by Gasteiger charge is 2.49. The summed E-state index contributed by atoms with van der Waals surface area (Å²) in [6, 6.07) is 2.79. The molecule has 13 heteroatoms. The number of halogens is 4. The van der Waals surface area contributed by atoms with Gasteiger partial charge in [-0.05, 0) is 30.7 Å². The molecule has 0 spiro atoms. The second kappa shape index (κ2) is 7.95. The van der Waals surface area contributed by atoms with E-state index in [-0.39, 0.29) is 34.4 Å². The van der Waals surface area contributed by atoms with Gasteiger partial charge in [-0.2, -0.15) is 13.2 Å². The molecule has 0 aliphatic carbocycles.